The first kappa shape index (κ1) is 26.5. The highest BCUT2D eigenvalue weighted by atomic mass is 16.5. The Morgan fingerprint density at radius 3 is 2.24 bits per heavy atom. The highest BCUT2D eigenvalue weighted by molar-refractivity contribution is 5.91. The molecule has 0 saturated heterocycles. The van der Waals surface area contributed by atoms with Gasteiger partial charge in [0, 0.05) is 18.7 Å². The second kappa shape index (κ2) is 12.5. The number of aryl methyl sites for hydroxylation is 1. The molecule has 1 amide bonds. The maximum Gasteiger partial charge on any atom is 0.243 e. The van der Waals surface area contributed by atoms with Gasteiger partial charge in [0.25, 0.3) is 0 Å². The van der Waals surface area contributed by atoms with Gasteiger partial charge in [0.2, 0.25) is 5.91 Å². The van der Waals surface area contributed by atoms with Crippen molar-refractivity contribution < 1.29 is 14.3 Å². The van der Waals surface area contributed by atoms with E-state index in [1.165, 1.54) is 5.56 Å². The Hall–Kier alpha value is -2.75. The Labute approximate surface area is 200 Å². The molecule has 0 bridgehead atoms. The summed E-state index contributed by atoms with van der Waals surface area (Å²) in [6.07, 6.45) is 8.03. The van der Waals surface area contributed by atoms with Crippen LogP contribution >= 0.6 is 0 Å². The molecule has 0 radical (unpaired) electrons. The fourth-order valence-electron chi connectivity index (χ4n) is 3.11. The van der Waals surface area contributed by atoms with Crippen LogP contribution in [0.25, 0.3) is 6.08 Å². The Morgan fingerprint density at radius 1 is 0.909 bits per heavy atom. The number of hydrogen-bond donors (Lipinski definition) is 1. The number of ether oxygens (including phenoxy) is 2. The van der Waals surface area contributed by atoms with Crippen LogP contribution in [0.2, 0.25) is 0 Å². The third-order valence-electron chi connectivity index (χ3n) is 5.92. The van der Waals surface area contributed by atoms with Crippen LogP contribution in [-0.2, 0) is 11.2 Å². The summed E-state index contributed by atoms with van der Waals surface area (Å²) in [5.41, 5.74) is 1.73. The molecule has 0 saturated carbocycles. The summed E-state index contributed by atoms with van der Waals surface area (Å²) in [5, 5.41) is 2.97. The van der Waals surface area contributed by atoms with Gasteiger partial charge in [0.15, 0.2) is 0 Å². The Balaban J connectivity index is 1.91. The molecular weight excluding hydrogens is 410 g/mol. The van der Waals surface area contributed by atoms with E-state index in [0.29, 0.717) is 6.54 Å². The van der Waals surface area contributed by atoms with Crippen molar-refractivity contribution in [1.29, 1.82) is 0 Å². The standard InChI is InChI=1S/C29H41NO3/c1-7-28(3,4)32-25-19-18-24(26(22-25)33-29(5,6)8-2)16-12-13-21-30-27(31)20-17-23-14-10-9-11-15-23/h9-11,14-15,17-20,22H,7-8,12-13,16,21H2,1-6H3,(H,30,31). The summed E-state index contributed by atoms with van der Waals surface area (Å²) in [6.45, 7) is 13.3. The fraction of sp³-hybridized carbons (Fsp3) is 0.483. The number of rotatable bonds is 13. The second-order valence-electron chi connectivity index (χ2n) is 9.69. The minimum atomic E-state index is -0.243. The van der Waals surface area contributed by atoms with Crippen molar-refractivity contribution in [3.63, 3.8) is 0 Å². The van der Waals surface area contributed by atoms with E-state index in [4.69, 9.17) is 9.47 Å². The maximum absolute atomic E-state index is 12.0. The van der Waals surface area contributed by atoms with E-state index in [2.05, 4.69) is 52.9 Å². The number of amides is 1. The molecule has 0 aliphatic heterocycles. The molecule has 1 N–H and O–H groups in total. The molecule has 4 nitrogen and oxygen atoms in total. The van der Waals surface area contributed by atoms with Crippen LogP contribution in [0, 0.1) is 0 Å². The molecule has 2 rings (SSSR count). The van der Waals surface area contributed by atoms with Gasteiger partial charge < -0.3 is 14.8 Å². The topological polar surface area (TPSA) is 47.6 Å². The molecule has 0 atom stereocenters. The molecule has 0 spiro atoms. The van der Waals surface area contributed by atoms with Gasteiger partial charge in [-0.2, -0.15) is 0 Å². The lowest BCUT2D eigenvalue weighted by molar-refractivity contribution is -0.116. The van der Waals surface area contributed by atoms with Crippen molar-refractivity contribution in [3.05, 3.63) is 65.7 Å². The Bertz CT molecular complexity index is 900. The lowest BCUT2D eigenvalue weighted by Gasteiger charge is -2.29. The Morgan fingerprint density at radius 2 is 1.58 bits per heavy atom. The monoisotopic (exact) mass is 451 g/mol. The number of unbranched alkanes of at least 4 members (excludes halogenated alkanes) is 1. The zero-order valence-electron chi connectivity index (χ0n) is 21.2. The lowest BCUT2D eigenvalue weighted by atomic mass is 10.0. The van der Waals surface area contributed by atoms with Crippen LogP contribution in [0.1, 0.15) is 78.4 Å². The molecule has 0 fully saturated rings. The van der Waals surface area contributed by atoms with Gasteiger partial charge in [-0.1, -0.05) is 50.2 Å². The van der Waals surface area contributed by atoms with Crippen molar-refractivity contribution in [2.45, 2.75) is 84.8 Å². The van der Waals surface area contributed by atoms with Crippen LogP contribution < -0.4 is 14.8 Å². The molecule has 2 aromatic rings. The molecule has 0 unspecified atom stereocenters. The molecule has 180 valence electrons. The van der Waals surface area contributed by atoms with Gasteiger partial charge in [-0.15, -0.1) is 0 Å². The summed E-state index contributed by atoms with van der Waals surface area (Å²) < 4.78 is 12.6. The molecule has 0 aromatic heterocycles. The quantitative estimate of drug-likeness (QED) is 0.264. The first-order chi connectivity index (χ1) is 15.6. The zero-order valence-corrected chi connectivity index (χ0v) is 21.2. The number of nitrogens with one attached hydrogen (secondary N) is 1. The van der Waals surface area contributed by atoms with Crippen molar-refractivity contribution in [2.24, 2.45) is 0 Å². The van der Waals surface area contributed by atoms with Crippen molar-refractivity contribution in [3.8, 4) is 11.5 Å². The highest BCUT2D eigenvalue weighted by Gasteiger charge is 2.21. The highest BCUT2D eigenvalue weighted by Crippen LogP contribution is 2.32. The zero-order chi connectivity index (χ0) is 24.3. The van der Waals surface area contributed by atoms with Crippen molar-refractivity contribution >= 4 is 12.0 Å². The van der Waals surface area contributed by atoms with Gasteiger partial charge >= 0.3 is 0 Å². The predicted molar refractivity (Wildman–Crippen MR) is 138 cm³/mol. The first-order valence-corrected chi connectivity index (χ1v) is 12.2. The van der Waals surface area contributed by atoms with Gasteiger partial charge in [-0.05, 0) is 83.1 Å². The molecule has 0 heterocycles. The molecule has 0 aliphatic rings. The number of hydrogen-bond acceptors (Lipinski definition) is 3. The summed E-state index contributed by atoms with van der Waals surface area (Å²) in [5.74, 6) is 1.67. The third kappa shape index (κ3) is 9.73. The van der Waals surface area contributed by atoms with E-state index in [1.54, 1.807) is 6.08 Å². The van der Waals surface area contributed by atoms with E-state index in [9.17, 15) is 4.79 Å². The van der Waals surface area contributed by atoms with Crippen LogP contribution in [0.15, 0.2) is 54.6 Å². The van der Waals surface area contributed by atoms with E-state index in [1.807, 2.05) is 48.5 Å². The van der Waals surface area contributed by atoms with Crippen LogP contribution in [-0.4, -0.2) is 23.7 Å². The van der Waals surface area contributed by atoms with Gasteiger partial charge in [0.05, 0.1) is 0 Å². The van der Waals surface area contributed by atoms with E-state index < -0.39 is 0 Å². The summed E-state index contributed by atoms with van der Waals surface area (Å²) in [7, 11) is 0. The molecule has 33 heavy (non-hydrogen) atoms. The minimum Gasteiger partial charge on any atom is -0.488 e. The summed E-state index contributed by atoms with van der Waals surface area (Å²) >= 11 is 0. The van der Waals surface area contributed by atoms with Crippen LogP contribution in [0.5, 0.6) is 11.5 Å². The molecular formula is C29H41NO3. The van der Waals surface area contributed by atoms with Gasteiger partial charge in [-0.25, -0.2) is 0 Å². The minimum absolute atomic E-state index is 0.0624. The van der Waals surface area contributed by atoms with Gasteiger partial charge in [-0.3, -0.25) is 4.79 Å². The predicted octanol–water partition coefficient (Wildman–Crippen LogP) is 6.97. The molecule has 2 aromatic carbocycles. The van der Waals surface area contributed by atoms with E-state index in [-0.39, 0.29) is 17.1 Å². The number of carbonyl (C=O) groups excluding carboxylic acids is 1. The van der Waals surface area contributed by atoms with Crippen molar-refractivity contribution in [2.75, 3.05) is 6.54 Å². The first-order valence-electron chi connectivity index (χ1n) is 12.2. The second-order valence-corrected chi connectivity index (χ2v) is 9.69. The Kier molecular flexibility index (Phi) is 10.0. The van der Waals surface area contributed by atoms with Crippen molar-refractivity contribution in [1.82, 2.24) is 5.32 Å². The van der Waals surface area contributed by atoms with Gasteiger partial charge in [0.1, 0.15) is 22.7 Å². The molecule has 0 aliphatic carbocycles. The average molecular weight is 452 g/mol. The normalized spacial score (nSPS) is 12.1. The number of benzene rings is 2. The summed E-state index contributed by atoms with van der Waals surface area (Å²) in [4.78, 5) is 12.0. The largest absolute Gasteiger partial charge is 0.488 e. The van der Waals surface area contributed by atoms with Crippen LogP contribution in [0.3, 0.4) is 0 Å². The maximum atomic E-state index is 12.0. The van der Waals surface area contributed by atoms with E-state index >= 15 is 0 Å². The summed E-state index contributed by atoms with van der Waals surface area (Å²) in [6, 6.07) is 16.0. The third-order valence-corrected chi connectivity index (χ3v) is 5.92. The fourth-order valence-corrected chi connectivity index (χ4v) is 3.11. The molecule has 4 heteroatoms. The van der Waals surface area contributed by atoms with Crippen LogP contribution in [0.4, 0.5) is 0 Å². The SMILES string of the molecule is CCC(C)(C)Oc1ccc(CCCCNC(=O)C=Cc2ccccc2)c(OC(C)(C)CC)c1. The lowest BCUT2D eigenvalue weighted by Crippen LogP contribution is -2.28. The smallest absolute Gasteiger partial charge is 0.243 e. The van der Waals surface area contributed by atoms with E-state index in [0.717, 1.165) is 49.2 Å². The average Bonchev–Trinajstić information content (AvgIpc) is 2.79. The number of carbonyl (C=O) groups is 1.